The maximum Gasteiger partial charge on any atom is 0.180 e. The van der Waals surface area contributed by atoms with Gasteiger partial charge in [0.25, 0.3) is 0 Å². The van der Waals surface area contributed by atoms with Gasteiger partial charge in [0.15, 0.2) is 5.78 Å². The zero-order valence-electron chi connectivity index (χ0n) is 18.5. The summed E-state index contributed by atoms with van der Waals surface area (Å²) in [4.78, 5) is 19.2. The normalized spacial score (nSPS) is 20.9. The number of fused-ring (bicyclic) bond motifs is 3. The van der Waals surface area contributed by atoms with E-state index < -0.39 is 0 Å². The molecule has 3 aliphatic heterocycles. The highest BCUT2D eigenvalue weighted by molar-refractivity contribution is 6.33. The number of rotatable bonds is 3. The lowest BCUT2D eigenvalue weighted by molar-refractivity contribution is -0.114. The van der Waals surface area contributed by atoms with Crippen LogP contribution in [0.15, 0.2) is 47.0 Å². The molecule has 0 unspecified atom stereocenters. The van der Waals surface area contributed by atoms with Crippen molar-refractivity contribution in [2.75, 3.05) is 33.3 Å². The Balaban J connectivity index is 1.74. The zero-order valence-corrected chi connectivity index (χ0v) is 18.5. The van der Waals surface area contributed by atoms with E-state index in [2.05, 4.69) is 36.9 Å². The summed E-state index contributed by atoms with van der Waals surface area (Å²) >= 11 is 0. The van der Waals surface area contributed by atoms with E-state index in [1.54, 1.807) is 6.07 Å². The minimum absolute atomic E-state index is 0.0481. The van der Waals surface area contributed by atoms with Crippen LogP contribution in [0.4, 0.5) is 4.39 Å². The molecule has 0 bridgehead atoms. The molecule has 0 amide bonds. The minimum Gasteiger partial charge on any atom is -0.487 e. The van der Waals surface area contributed by atoms with Gasteiger partial charge in [-0.1, -0.05) is 32.0 Å². The van der Waals surface area contributed by atoms with Crippen molar-refractivity contribution in [1.29, 1.82) is 0 Å². The number of aliphatic imine (C=N–C) groups is 1. The lowest BCUT2D eigenvalue weighted by atomic mass is 9.67. The van der Waals surface area contributed by atoms with Crippen molar-refractivity contribution in [2.24, 2.45) is 10.4 Å². The SMILES string of the molecule is CC1=C2C(=NCC1=O)COc1cc(-c3ccccc3F)c([C@@H](C)C3(C)CN(C)C3)cc12. The molecule has 4 nitrogen and oxygen atoms in total. The molecule has 0 aliphatic carbocycles. The molecule has 1 fully saturated rings. The number of nitrogens with zero attached hydrogens (tertiary/aromatic N) is 2. The number of likely N-dealkylation sites (tertiary alicyclic amines) is 1. The van der Waals surface area contributed by atoms with Gasteiger partial charge in [0.1, 0.15) is 24.7 Å². The number of dihydropyridines is 1. The third kappa shape index (κ3) is 3.14. The summed E-state index contributed by atoms with van der Waals surface area (Å²) in [5, 5.41) is 0. The molecule has 0 saturated carbocycles. The molecular weight excluding hydrogens is 391 g/mol. The molecule has 0 radical (unpaired) electrons. The van der Waals surface area contributed by atoms with Gasteiger partial charge >= 0.3 is 0 Å². The number of ether oxygens (including phenoxy) is 1. The number of benzene rings is 2. The molecule has 31 heavy (non-hydrogen) atoms. The largest absolute Gasteiger partial charge is 0.487 e. The smallest absolute Gasteiger partial charge is 0.180 e. The van der Waals surface area contributed by atoms with Crippen molar-refractivity contribution < 1.29 is 13.9 Å². The van der Waals surface area contributed by atoms with Crippen LogP contribution in [0.3, 0.4) is 0 Å². The van der Waals surface area contributed by atoms with Gasteiger partial charge in [0, 0.05) is 35.4 Å². The molecule has 5 rings (SSSR count). The quantitative estimate of drug-likeness (QED) is 0.723. The fourth-order valence-corrected chi connectivity index (χ4v) is 5.36. The Hall–Kier alpha value is -2.79. The van der Waals surface area contributed by atoms with Crippen LogP contribution in [0.2, 0.25) is 0 Å². The third-order valence-electron chi connectivity index (χ3n) is 7.22. The number of Topliss-reactive ketones (excluding diaryl/α,β-unsaturated/α-hetero) is 1. The lowest BCUT2D eigenvalue weighted by Gasteiger charge is -2.50. The summed E-state index contributed by atoms with van der Waals surface area (Å²) in [5.74, 6) is 0.694. The van der Waals surface area contributed by atoms with E-state index >= 15 is 0 Å². The van der Waals surface area contributed by atoms with Gasteiger partial charge in [0.2, 0.25) is 0 Å². The molecule has 3 heterocycles. The summed E-state index contributed by atoms with van der Waals surface area (Å²) in [7, 11) is 2.12. The summed E-state index contributed by atoms with van der Waals surface area (Å²) in [6, 6.07) is 11.0. The van der Waals surface area contributed by atoms with E-state index in [-0.39, 0.29) is 29.5 Å². The van der Waals surface area contributed by atoms with E-state index in [1.165, 1.54) is 6.07 Å². The second kappa shape index (κ2) is 7.13. The number of ketones is 1. The van der Waals surface area contributed by atoms with Crippen molar-refractivity contribution in [3.63, 3.8) is 0 Å². The summed E-state index contributed by atoms with van der Waals surface area (Å²) in [6.07, 6.45) is 0. The topological polar surface area (TPSA) is 41.9 Å². The molecule has 1 atom stereocenters. The molecule has 160 valence electrons. The zero-order chi connectivity index (χ0) is 21.9. The van der Waals surface area contributed by atoms with Gasteiger partial charge < -0.3 is 9.64 Å². The molecule has 0 N–H and O–H groups in total. The fraction of sp³-hybridized carbons (Fsp3) is 0.385. The first-order valence-electron chi connectivity index (χ1n) is 10.8. The number of halogens is 1. The van der Waals surface area contributed by atoms with Crippen LogP contribution in [-0.2, 0) is 4.79 Å². The van der Waals surface area contributed by atoms with E-state index in [0.29, 0.717) is 17.9 Å². The van der Waals surface area contributed by atoms with Gasteiger partial charge in [-0.2, -0.15) is 0 Å². The van der Waals surface area contributed by atoms with Crippen LogP contribution < -0.4 is 4.74 Å². The number of carbonyl (C=O) groups excluding carboxylic acids is 1. The molecule has 0 aromatic heterocycles. The maximum absolute atomic E-state index is 14.9. The van der Waals surface area contributed by atoms with Gasteiger partial charge in [-0.05, 0) is 54.6 Å². The monoisotopic (exact) mass is 418 g/mol. The van der Waals surface area contributed by atoms with Crippen LogP contribution in [-0.4, -0.2) is 49.7 Å². The van der Waals surface area contributed by atoms with E-state index in [1.807, 2.05) is 25.1 Å². The van der Waals surface area contributed by atoms with E-state index in [0.717, 1.165) is 46.6 Å². The van der Waals surface area contributed by atoms with Crippen LogP contribution in [0.25, 0.3) is 16.7 Å². The van der Waals surface area contributed by atoms with Gasteiger partial charge in [-0.3, -0.25) is 9.79 Å². The van der Waals surface area contributed by atoms with Crippen LogP contribution in [0, 0.1) is 11.2 Å². The predicted octanol–water partition coefficient (Wildman–Crippen LogP) is 4.74. The van der Waals surface area contributed by atoms with E-state index in [4.69, 9.17) is 4.74 Å². The summed E-state index contributed by atoms with van der Waals surface area (Å²) in [5.41, 5.74) is 5.98. The first-order valence-corrected chi connectivity index (χ1v) is 10.8. The van der Waals surface area contributed by atoms with Crippen molar-refractivity contribution in [1.82, 2.24) is 4.90 Å². The highest BCUT2D eigenvalue weighted by atomic mass is 19.1. The Bertz CT molecular complexity index is 1160. The van der Waals surface area contributed by atoms with Crippen LogP contribution in [0.5, 0.6) is 5.75 Å². The number of hydrogen-bond acceptors (Lipinski definition) is 4. The molecule has 3 aliphatic rings. The van der Waals surface area contributed by atoms with Crippen LogP contribution >= 0.6 is 0 Å². The molecular formula is C26H27FN2O2. The highest BCUT2D eigenvalue weighted by Gasteiger charge is 2.43. The Kier molecular flexibility index (Phi) is 4.63. The minimum atomic E-state index is -0.243. The Labute approximate surface area is 182 Å². The van der Waals surface area contributed by atoms with Gasteiger partial charge in [-0.25, -0.2) is 4.39 Å². The third-order valence-corrected chi connectivity index (χ3v) is 7.22. The van der Waals surface area contributed by atoms with Crippen molar-refractivity contribution in [3.8, 4) is 16.9 Å². The number of carbonyl (C=O) groups is 1. The molecule has 0 spiro atoms. The Morgan fingerprint density at radius 2 is 1.90 bits per heavy atom. The first kappa shape index (κ1) is 20.1. The van der Waals surface area contributed by atoms with Crippen LogP contribution in [0.1, 0.15) is 37.8 Å². The van der Waals surface area contributed by atoms with Crippen molar-refractivity contribution in [2.45, 2.75) is 26.7 Å². The second-order valence-electron chi connectivity index (χ2n) is 9.44. The summed E-state index contributed by atoms with van der Waals surface area (Å²) < 4.78 is 20.9. The highest BCUT2D eigenvalue weighted by Crippen LogP contribution is 2.49. The van der Waals surface area contributed by atoms with Gasteiger partial charge in [-0.15, -0.1) is 0 Å². The molecule has 1 saturated heterocycles. The average Bonchev–Trinajstić information content (AvgIpc) is 2.74. The Morgan fingerprint density at radius 1 is 1.16 bits per heavy atom. The first-order chi connectivity index (χ1) is 14.8. The predicted molar refractivity (Wildman–Crippen MR) is 121 cm³/mol. The molecule has 2 aromatic rings. The standard InChI is InChI=1S/C26H27FN2O2/c1-15-23(30)11-28-22-12-31-24-10-19(17-7-5-6-8-21(17)27)18(9-20(24)25(15)22)16(2)26(3)13-29(4)14-26/h5-10,16H,11-14H2,1-4H3/t16-/m1/s1. The lowest BCUT2D eigenvalue weighted by Crippen LogP contribution is -2.55. The summed E-state index contributed by atoms with van der Waals surface area (Å²) in [6.45, 7) is 8.89. The fourth-order valence-electron chi connectivity index (χ4n) is 5.36. The van der Waals surface area contributed by atoms with Crippen molar-refractivity contribution >= 4 is 17.1 Å². The van der Waals surface area contributed by atoms with Gasteiger partial charge in [0.05, 0.1) is 5.71 Å². The number of hydrogen-bond donors (Lipinski definition) is 0. The second-order valence-corrected chi connectivity index (χ2v) is 9.44. The molecule has 5 heteroatoms. The average molecular weight is 419 g/mol. The molecule has 2 aromatic carbocycles. The Morgan fingerprint density at radius 3 is 2.61 bits per heavy atom. The van der Waals surface area contributed by atoms with E-state index in [9.17, 15) is 9.18 Å². The van der Waals surface area contributed by atoms with Crippen molar-refractivity contribution in [3.05, 3.63) is 58.9 Å². The maximum atomic E-state index is 14.9.